The fraction of sp³-hybridized carbons (Fsp3) is 0.435. The molecular weight excluding hydrogens is 430 g/mol. The second-order valence-corrected chi connectivity index (χ2v) is 9.12. The van der Waals surface area contributed by atoms with Crippen molar-refractivity contribution in [2.24, 2.45) is 0 Å². The molecule has 0 unspecified atom stereocenters. The van der Waals surface area contributed by atoms with Crippen LogP contribution in [0.1, 0.15) is 37.9 Å². The summed E-state index contributed by atoms with van der Waals surface area (Å²) in [5, 5.41) is 0.916. The summed E-state index contributed by atoms with van der Waals surface area (Å²) in [4.78, 5) is 32.8. The fourth-order valence-electron chi connectivity index (χ4n) is 4.30. The number of nitrogens with zero attached hydrogens (tertiary/aromatic N) is 3. The maximum Gasteiger partial charge on any atom is 0.262 e. The molecule has 1 amide bonds. The molecule has 9 heteroatoms. The maximum atomic E-state index is 13.4. The largest absolute Gasteiger partial charge is 0.467 e. The van der Waals surface area contributed by atoms with Gasteiger partial charge < -0.3 is 18.8 Å². The molecule has 32 heavy (non-hydrogen) atoms. The molecule has 2 aromatic heterocycles. The number of thioether (sulfide) groups is 1. The Labute approximate surface area is 189 Å². The van der Waals surface area contributed by atoms with Crippen LogP contribution in [-0.2, 0) is 11.3 Å². The lowest BCUT2D eigenvalue weighted by Gasteiger charge is -2.31. The first-order valence-corrected chi connectivity index (χ1v) is 11.8. The van der Waals surface area contributed by atoms with Crippen molar-refractivity contribution in [2.45, 2.75) is 49.8 Å². The van der Waals surface area contributed by atoms with Crippen molar-refractivity contribution in [3.05, 3.63) is 46.6 Å². The molecule has 0 saturated heterocycles. The Morgan fingerprint density at radius 1 is 1.22 bits per heavy atom. The van der Waals surface area contributed by atoms with Gasteiger partial charge in [-0.2, -0.15) is 0 Å². The van der Waals surface area contributed by atoms with Gasteiger partial charge in [0, 0.05) is 19.2 Å². The van der Waals surface area contributed by atoms with E-state index in [0.29, 0.717) is 39.4 Å². The Bertz CT molecular complexity index is 1180. The number of carbonyl (C=O) groups excluding carboxylic acids is 1. The minimum atomic E-state index is -0.208. The van der Waals surface area contributed by atoms with Gasteiger partial charge in [0.25, 0.3) is 5.56 Å². The average Bonchev–Trinajstić information content (AvgIpc) is 3.50. The molecule has 1 saturated carbocycles. The second kappa shape index (κ2) is 8.90. The van der Waals surface area contributed by atoms with Crippen molar-refractivity contribution < 1.29 is 18.7 Å². The van der Waals surface area contributed by atoms with Gasteiger partial charge in [0.15, 0.2) is 16.7 Å². The van der Waals surface area contributed by atoms with E-state index in [1.165, 1.54) is 31.0 Å². The molecule has 1 fully saturated rings. The smallest absolute Gasteiger partial charge is 0.262 e. The Hall–Kier alpha value is -2.94. The molecule has 0 bridgehead atoms. The van der Waals surface area contributed by atoms with E-state index in [9.17, 15) is 9.59 Å². The van der Waals surface area contributed by atoms with Crippen molar-refractivity contribution in [1.29, 1.82) is 0 Å². The molecule has 1 aliphatic carbocycles. The third kappa shape index (κ3) is 4.09. The predicted octanol–water partition coefficient (Wildman–Crippen LogP) is 3.65. The summed E-state index contributed by atoms with van der Waals surface area (Å²) >= 11 is 1.28. The summed E-state index contributed by atoms with van der Waals surface area (Å²) in [6.45, 7) is 0.355. The van der Waals surface area contributed by atoms with Gasteiger partial charge in [-0.15, -0.1) is 0 Å². The molecule has 0 radical (unpaired) electrons. The molecule has 0 N–H and O–H groups in total. The summed E-state index contributed by atoms with van der Waals surface area (Å²) in [6, 6.07) is 7.28. The lowest BCUT2D eigenvalue weighted by molar-refractivity contribution is -0.129. The van der Waals surface area contributed by atoms with E-state index in [1.807, 2.05) is 18.0 Å². The van der Waals surface area contributed by atoms with Gasteiger partial charge in [-0.25, -0.2) is 4.98 Å². The number of ether oxygens (including phenoxy) is 2. The third-order valence-electron chi connectivity index (χ3n) is 6.15. The fourth-order valence-corrected chi connectivity index (χ4v) is 5.22. The first-order valence-electron chi connectivity index (χ1n) is 10.8. The van der Waals surface area contributed by atoms with Crippen LogP contribution in [0.5, 0.6) is 11.5 Å². The van der Waals surface area contributed by atoms with Crippen LogP contribution in [0.3, 0.4) is 0 Å². The van der Waals surface area contributed by atoms with Crippen molar-refractivity contribution in [1.82, 2.24) is 14.5 Å². The Morgan fingerprint density at radius 2 is 2.00 bits per heavy atom. The number of benzene rings is 1. The number of hydrogen-bond donors (Lipinski definition) is 0. The van der Waals surface area contributed by atoms with Gasteiger partial charge in [-0.05, 0) is 31.0 Å². The average molecular weight is 456 g/mol. The van der Waals surface area contributed by atoms with Crippen LogP contribution in [-0.4, -0.2) is 46.0 Å². The lowest BCUT2D eigenvalue weighted by Crippen LogP contribution is -2.39. The molecule has 2 aliphatic rings. The number of rotatable bonds is 6. The molecule has 0 spiro atoms. The van der Waals surface area contributed by atoms with Crippen LogP contribution in [0.4, 0.5) is 0 Å². The highest BCUT2D eigenvalue weighted by Crippen LogP contribution is 2.35. The topological polar surface area (TPSA) is 86.8 Å². The monoisotopic (exact) mass is 455 g/mol. The highest BCUT2D eigenvalue weighted by molar-refractivity contribution is 7.99. The van der Waals surface area contributed by atoms with Crippen LogP contribution in [0.2, 0.25) is 0 Å². The zero-order chi connectivity index (χ0) is 22.1. The lowest BCUT2D eigenvalue weighted by atomic mass is 9.94. The molecule has 0 atom stereocenters. The van der Waals surface area contributed by atoms with E-state index in [2.05, 4.69) is 0 Å². The minimum absolute atomic E-state index is 0.0477. The van der Waals surface area contributed by atoms with Crippen molar-refractivity contribution >= 4 is 28.6 Å². The molecule has 1 aliphatic heterocycles. The van der Waals surface area contributed by atoms with Crippen molar-refractivity contribution in [3.8, 4) is 11.5 Å². The van der Waals surface area contributed by atoms with E-state index in [1.54, 1.807) is 29.0 Å². The van der Waals surface area contributed by atoms with Gasteiger partial charge in [0.05, 0.1) is 29.5 Å². The van der Waals surface area contributed by atoms with Crippen LogP contribution < -0.4 is 15.0 Å². The Morgan fingerprint density at radius 3 is 2.75 bits per heavy atom. The summed E-state index contributed by atoms with van der Waals surface area (Å²) in [5.74, 6) is 2.00. The summed E-state index contributed by atoms with van der Waals surface area (Å²) < 4.78 is 17.9. The zero-order valence-corrected chi connectivity index (χ0v) is 18.7. The standard InChI is InChI=1S/C23H25N3O5S/c1-25(15-6-3-2-4-7-15)21(27)13-32-23-24-18-11-20-19(30-14-31-20)10-17(18)22(28)26(23)12-16-8-5-9-29-16/h5,8-11,15H,2-4,6-7,12-14H2,1H3. The first-order chi connectivity index (χ1) is 15.6. The van der Waals surface area contributed by atoms with Crippen LogP contribution in [0, 0.1) is 0 Å². The maximum absolute atomic E-state index is 13.4. The van der Waals surface area contributed by atoms with Crippen molar-refractivity contribution in [2.75, 3.05) is 19.6 Å². The van der Waals surface area contributed by atoms with Gasteiger partial charge >= 0.3 is 0 Å². The first kappa shape index (κ1) is 20.9. The SMILES string of the molecule is CN(C(=O)CSc1nc2cc3c(cc2c(=O)n1Cc1ccco1)OCO3)C1CCCCC1. The number of hydrogen-bond acceptors (Lipinski definition) is 7. The van der Waals surface area contributed by atoms with Crippen LogP contribution in [0.15, 0.2) is 44.9 Å². The van der Waals surface area contributed by atoms with E-state index in [0.717, 1.165) is 12.8 Å². The Balaban J connectivity index is 1.45. The van der Waals surface area contributed by atoms with Crippen LogP contribution >= 0.6 is 11.8 Å². The van der Waals surface area contributed by atoms with E-state index < -0.39 is 0 Å². The quantitative estimate of drug-likeness (QED) is 0.414. The minimum Gasteiger partial charge on any atom is -0.467 e. The molecule has 8 nitrogen and oxygen atoms in total. The summed E-state index contributed by atoms with van der Waals surface area (Å²) in [7, 11) is 1.88. The highest BCUT2D eigenvalue weighted by atomic mass is 32.2. The van der Waals surface area contributed by atoms with E-state index in [4.69, 9.17) is 18.9 Å². The number of carbonyl (C=O) groups is 1. The number of amides is 1. The number of aromatic nitrogens is 2. The molecule has 3 heterocycles. The van der Waals surface area contributed by atoms with Gasteiger partial charge in [-0.1, -0.05) is 31.0 Å². The molecule has 5 rings (SSSR count). The van der Waals surface area contributed by atoms with Gasteiger partial charge in [0.1, 0.15) is 5.76 Å². The molecule has 3 aromatic rings. The summed E-state index contributed by atoms with van der Waals surface area (Å²) in [6.07, 6.45) is 7.25. The molecule has 1 aromatic carbocycles. The molecular formula is C23H25N3O5S. The number of fused-ring (bicyclic) bond motifs is 2. The Kier molecular flexibility index (Phi) is 5.82. The third-order valence-corrected chi connectivity index (χ3v) is 7.11. The van der Waals surface area contributed by atoms with E-state index >= 15 is 0 Å². The van der Waals surface area contributed by atoms with Crippen molar-refractivity contribution in [3.63, 3.8) is 0 Å². The van der Waals surface area contributed by atoms with Gasteiger partial charge in [0.2, 0.25) is 12.7 Å². The highest BCUT2D eigenvalue weighted by Gasteiger charge is 2.24. The van der Waals surface area contributed by atoms with Crippen LogP contribution in [0.25, 0.3) is 10.9 Å². The number of furan rings is 1. The summed E-state index contributed by atoms with van der Waals surface area (Å²) in [5.41, 5.74) is 0.311. The normalized spacial score (nSPS) is 15.9. The molecule has 168 valence electrons. The predicted molar refractivity (Wildman–Crippen MR) is 120 cm³/mol. The zero-order valence-electron chi connectivity index (χ0n) is 17.9. The van der Waals surface area contributed by atoms with Gasteiger partial charge in [-0.3, -0.25) is 14.2 Å². The second-order valence-electron chi connectivity index (χ2n) is 8.17. The van der Waals surface area contributed by atoms with E-state index in [-0.39, 0.29) is 30.6 Å².